The zero-order chi connectivity index (χ0) is 19.5. The van der Waals surface area contributed by atoms with Gasteiger partial charge in [0, 0.05) is 13.1 Å². The van der Waals surface area contributed by atoms with E-state index in [-0.39, 0.29) is 17.9 Å². The second kappa shape index (κ2) is 6.15. The maximum Gasteiger partial charge on any atom is 0.256 e. The van der Waals surface area contributed by atoms with Crippen molar-refractivity contribution in [1.29, 1.82) is 0 Å². The van der Waals surface area contributed by atoms with E-state index in [1.54, 1.807) is 31.4 Å². The van der Waals surface area contributed by atoms with Crippen molar-refractivity contribution in [3.63, 3.8) is 0 Å². The Balaban J connectivity index is 1.61. The lowest BCUT2D eigenvalue weighted by Gasteiger charge is -2.33. The van der Waals surface area contributed by atoms with Crippen molar-refractivity contribution >= 4 is 17.5 Å². The van der Waals surface area contributed by atoms with Gasteiger partial charge in [-0.25, -0.2) is 14.9 Å². The van der Waals surface area contributed by atoms with Gasteiger partial charge in [0.05, 0.1) is 24.8 Å². The van der Waals surface area contributed by atoms with Gasteiger partial charge in [-0.3, -0.25) is 9.59 Å². The third-order valence-corrected chi connectivity index (χ3v) is 6.44. The summed E-state index contributed by atoms with van der Waals surface area (Å²) < 4.78 is 5.21. The van der Waals surface area contributed by atoms with Gasteiger partial charge in [-0.15, -0.1) is 0 Å². The van der Waals surface area contributed by atoms with E-state index in [0.717, 1.165) is 25.1 Å². The molecular weight excluding hydrogens is 354 g/mol. The number of carbonyl (C=O) groups is 2. The molecule has 0 N–H and O–H groups in total. The Bertz CT molecular complexity index is 930. The van der Waals surface area contributed by atoms with E-state index >= 15 is 0 Å². The van der Waals surface area contributed by atoms with Gasteiger partial charge in [0.25, 0.3) is 5.91 Å². The second-order valence-electron chi connectivity index (χ2n) is 7.80. The highest BCUT2D eigenvalue weighted by molar-refractivity contribution is 6.26. The lowest BCUT2D eigenvalue weighted by Crippen LogP contribution is -2.52. The molecule has 2 aromatic rings. The number of hydrazine groups is 1. The molecule has 144 valence electrons. The molecule has 3 aliphatic heterocycles. The van der Waals surface area contributed by atoms with Crippen molar-refractivity contribution in [2.45, 2.75) is 24.9 Å². The Morgan fingerprint density at radius 1 is 1.00 bits per heavy atom. The number of amides is 2. The molecule has 0 saturated carbocycles. The van der Waals surface area contributed by atoms with Crippen LogP contribution in [-0.2, 0) is 9.59 Å². The lowest BCUT2D eigenvalue weighted by atomic mass is 9.81. The second-order valence-corrected chi connectivity index (χ2v) is 7.80. The van der Waals surface area contributed by atoms with Gasteiger partial charge in [-0.1, -0.05) is 30.3 Å². The monoisotopic (exact) mass is 377 g/mol. The van der Waals surface area contributed by atoms with Crippen LogP contribution in [0.2, 0.25) is 0 Å². The number of hydrogen-bond acceptors (Lipinski definition) is 5. The molecule has 0 bridgehead atoms. The number of imide groups is 1. The Morgan fingerprint density at radius 3 is 2.39 bits per heavy atom. The number of nitrogens with zero attached hydrogens (tertiary/aromatic N) is 3. The zero-order valence-electron chi connectivity index (χ0n) is 16.0. The first kappa shape index (κ1) is 17.4. The van der Waals surface area contributed by atoms with Crippen LogP contribution in [0, 0.1) is 5.92 Å². The average Bonchev–Trinajstić information content (AvgIpc) is 3.35. The number of benzene rings is 2. The number of carbonyl (C=O) groups excluding carboxylic acids is 2. The number of hydrogen-bond donors (Lipinski definition) is 0. The van der Waals surface area contributed by atoms with Crippen molar-refractivity contribution < 1.29 is 14.3 Å². The van der Waals surface area contributed by atoms with Gasteiger partial charge in [-0.05, 0) is 43.2 Å². The molecule has 6 nitrogen and oxygen atoms in total. The lowest BCUT2D eigenvalue weighted by molar-refractivity contribution is -0.131. The van der Waals surface area contributed by atoms with E-state index in [1.165, 1.54) is 4.90 Å². The first-order chi connectivity index (χ1) is 13.6. The quantitative estimate of drug-likeness (QED) is 0.770. The molecule has 3 heterocycles. The topological polar surface area (TPSA) is 53.1 Å². The van der Waals surface area contributed by atoms with Crippen LogP contribution in [0.25, 0.3) is 0 Å². The summed E-state index contributed by atoms with van der Waals surface area (Å²) in [6, 6.07) is 17.1. The van der Waals surface area contributed by atoms with Gasteiger partial charge in [0.15, 0.2) is 0 Å². The summed E-state index contributed by atoms with van der Waals surface area (Å²) in [5.41, 5.74) is 0.832. The molecule has 3 saturated heterocycles. The fourth-order valence-corrected chi connectivity index (χ4v) is 5.13. The Kier molecular flexibility index (Phi) is 3.82. The third-order valence-electron chi connectivity index (χ3n) is 6.44. The number of rotatable bonds is 3. The maximum atomic E-state index is 13.6. The van der Waals surface area contributed by atoms with Crippen molar-refractivity contribution in [3.8, 4) is 5.75 Å². The summed E-state index contributed by atoms with van der Waals surface area (Å²) in [4.78, 5) is 28.6. The van der Waals surface area contributed by atoms with Crippen LogP contribution in [0.3, 0.4) is 0 Å². The summed E-state index contributed by atoms with van der Waals surface area (Å²) in [6.45, 7) is 3.60. The Morgan fingerprint density at radius 2 is 1.71 bits per heavy atom. The van der Waals surface area contributed by atoms with Crippen molar-refractivity contribution in [1.82, 2.24) is 10.0 Å². The summed E-state index contributed by atoms with van der Waals surface area (Å²) in [5, 5.41) is 4.38. The summed E-state index contributed by atoms with van der Waals surface area (Å²) in [5.74, 6) is 0.00542. The van der Waals surface area contributed by atoms with E-state index in [0.29, 0.717) is 11.4 Å². The predicted octanol–water partition coefficient (Wildman–Crippen LogP) is 2.62. The smallest absolute Gasteiger partial charge is 0.256 e. The van der Waals surface area contributed by atoms with Crippen LogP contribution in [0.5, 0.6) is 5.75 Å². The highest BCUT2D eigenvalue weighted by atomic mass is 16.5. The summed E-state index contributed by atoms with van der Waals surface area (Å²) in [6.07, 6.45) is 0.996. The molecule has 6 heteroatoms. The number of methoxy groups -OCH3 is 1. The molecule has 2 amide bonds. The molecular formula is C22H23N3O3. The Labute approximate surface area is 164 Å². The standard InChI is InChI=1S/C22H23N3O3/c1-22-18(19(15-7-4-3-5-8-15)23-13-6-14-24(22)23)20(26)25(21(22)27)16-9-11-17(28-2)12-10-16/h3-5,7-12,18-19H,6,13-14H2,1-2H3/t18-,19+,22-/m0/s1. The fraction of sp³-hybridized carbons (Fsp3) is 0.364. The van der Waals surface area contributed by atoms with Crippen molar-refractivity contribution in [2.24, 2.45) is 5.92 Å². The molecule has 0 radical (unpaired) electrons. The molecule has 0 spiro atoms. The summed E-state index contributed by atoms with van der Waals surface area (Å²) in [7, 11) is 1.60. The molecule has 3 fully saturated rings. The first-order valence-corrected chi connectivity index (χ1v) is 9.69. The molecule has 0 unspecified atom stereocenters. The predicted molar refractivity (Wildman–Crippen MR) is 105 cm³/mol. The van der Waals surface area contributed by atoms with E-state index < -0.39 is 11.5 Å². The van der Waals surface area contributed by atoms with Crippen molar-refractivity contribution in [2.75, 3.05) is 25.1 Å². The molecule has 0 aromatic heterocycles. The first-order valence-electron chi connectivity index (χ1n) is 9.69. The van der Waals surface area contributed by atoms with Crippen LogP contribution < -0.4 is 9.64 Å². The van der Waals surface area contributed by atoms with Gasteiger partial charge >= 0.3 is 0 Å². The molecule has 3 atom stereocenters. The minimum atomic E-state index is -0.853. The van der Waals surface area contributed by atoms with Crippen LogP contribution in [0.1, 0.15) is 24.9 Å². The van der Waals surface area contributed by atoms with Crippen LogP contribution in [-0.4, -0.2) is 47.6 Å². The SMILES string of the molecule is COc1ccc(N2C(=O)[C@@H]3[C@@H](c4ccccc4)N4CCCN4[C@]3(C)C2=O)cc1. The van der Waals surface area contributed by atoms with E-state index in [2.05, 4.69) is 22.2 Å². The largest absolute Gasteiger partial charge is 0.497 e. The summed E-state index contributed by atoms with van der Waals surface area (Å²) >= 11 is 0. The number of fused-ring (bicyclic) bond motifs is 3. The zero-order valence-corrected chi connectivity index (χ0v) is 16.0. The highest BCUT2D eigenvalue weighted by Gasteiger charge is 2.70. The van der Waals surface area contributed by atoms with E-state index in [9.17, 15) is 9.59 Å². The molecule has 28 heavy (non-hydrogen) atoms. The van der Waals surface area contributed by atoms with E-state index in [1.807, 2.05) is 25.1 Å². The van der Waals surface area contributed by atoms with Gasteiger partial charge in [0.2, 0.25) is 5.91 Å². The normalized spacial score (nSPS) is 30.0. The fourth-order valence-electron chi connectivity index (χ4n) is 5.13. The molecule has 5 rings (SSSR count). The minimum Gasteiger partial charge on any atom is -0.497 e. The van der Waals surface area contributed by atoms with Gasteiger partial charge < -0.3 is 4.74 Å². The van der Waals surface area contributed by atoms with Crippen molar-refractivity contribution in [3.05, 3.63) is 60.2 Å². The number of ether oxygens (including phenoxy) is 1. The average molecular weight is 377 g/mol. The molecule has 2 aromatic carbocycles. The van der Waals surface area contributed by atoms with Crippen LogP contribution in [0.15, 0.2) is 54.6 Å². The van der Waals surface area contributed by atoms with Crippen LogP contribution in [0.4, 0.5) is 5.69 Å². The minimum absolute atomic E-state index is 0.117. The Hall–Kier alpha value is -2.70. The van der Waals surface area contributed by atoms with E-state index in [4.69, 9.17) is 4.74 Å². The number of anilines is 1. The maximum absolute atomic E-state index is 13.6. The molecule has 3 aliphatic rings. The van der Waals surface area contributed by atoms with Gasteiger partial charge in [0.1, 0.15) is 11.3 Å². The van der Waals surface area contributed by atoms with Crippen LogP contribution >= 0.6 is 0 Å². The third kappa shape index (κ3) is 2.16. The molecule has 0 aliphatic carbocycles. The van der Waals surface area contributed by atoms with Gasteiger partial charge in [-0.2, -0.15) is 0 Å². The highest BCUT2D eigenvalue weighted by Crippen LogP contribution is 2.54.